The largest absolute Gasteiger partial charge is 0.285 e. The van der Waals surface area contributed by atoms with Gasteiger partial charge in [0.25, 0.3) is 5.56 Å². The van der Waals surface area contributed by atoms with Gasteiger partial charge in [-0.05, 0) is 32.0 Å². The van der Waals surface area contributed by atoms with Crippen molar-refractivity contribution in [2.45, 2.75) is 19.9 Å². The van der Waals surface area contributed by atoms with Crippen molar-refractivity contribution in [3.05, 3.63) is 34.1 Å². The lowest BCUT2D eigenvalue weighted by atomic mass is 10.2. The van der Waals surface area contributed by atoms with Crippen molar-refractivity contribution in [1.29, 1.82) is 5.26 Å². The van der Waals surface area contributed by atoms with Crippen molar-refractivity contribution in [1.82, 2.24) is 9.36 Å². The van der Waals surface area contributed by atoms with E-state index >= 15 is 0 Å². The maximum absolute atomic E-state index is 12.1. The normalized spacial score (nSPS) is 10.9. The van der Waals surface area contributed by atoms with E-state index in [-0.39, 0.29) is 11.6 Å². The van der Waals surface area contributed by atoms with Crippen LogP contribution in [0.4, 0.5) is 0 Å². The number of benzene rings is 1. The summed E-state index contributed by atoms with van der Waals surface area (Å²) in [4.78, 5) is 12.1. The van der Waals surface area contributed by atoms with Crippen LogP contribution in [0.1, 0.15) is 25.5 Å². The van der Waals surface area contributed by atoms with Crippen molar-refractivity contribution in [3.63, 3.8) is 0 Å². The van der Waals surface area contributed by atoms with Crippen LogP contribution in [0, 0.1) is 11.3 Å². The Morgan fingerprint density at radius 3 is 2.62 bits per heavy atom. The number of rotatable bonds is 1. The summed E-state index contributed by atoms with van der Waals surface area (Å²) < 4.78 is 3.52. The van der Waals surface area contributed by atoms with E-state index in [0.717, 1.165) is 5.52 Å². The fraction of sp³-hybridized carbons (Fsp3) is 0.333. The van der Waals surface area contributed by atoms with E-state index in [0.29, 0.717) is 10.9 Å². The van der Waals surface area contributed by atoms with Gasteiger partial charge in [0.1, 0.15) is 0 Å². The molecule has 1 aromatic carbocycles. The average Bonchev–Trinajstić information content (AvgIpc) is 2.51. The summed E-state index contributed by atoms with van der Waals surface area (Å²) in [5.74, 6) is 0. The Kier molecular flexibility index (Phi) is 2.31. The first-order chi connectivity index (χ1) is 7.56. The third-order valence-electron chi connectivity index (χ3n) is 2.73. The summed E-state index contributed by atoms with van der Waals surface area (Å²) in [6, 6.07) is 7.35. The molecule has 0 aliphatic carbocycles. The molecule has 0 saturated carbocycles. The molecule has 0 bridgehead atoms. The molecular formula is C12H13N3O. The number of fused-ring (bicyclic) bond motifs is 1. The molecule has 2 aromatic rings. The van der Waals surface area contributed by atoms with E-state index in [1.165, 1.54) is 0 Å². The van der Waals surface area contributed by atoms with E-state index < -0.39 is 0 Å². The van der Waals surface area contributed by atoms with Gasteiger partial charge in [-0.1, -0.05) is 0 Å². The van der Waals surface area contributed by atoms with Crippen LogP contribution in [0.15, 0.2) is 23.0 Å². The fourth-order valence-electron chi connectivity index (χ4n) is 2.02. The molecule has 1 aromatic heterocycles. The number of aryl methyl sites for hydroxylation is 1. The molecule has 82 valence electrons. The van der Waals surface area contributed by atoms with E-state index in [4.69, 9.17) is 5.26 Å². The second-order valence-corrected chi connectivity index (χ2v) is 4.11. The monoisotopic (exact) mass is 215 g/mol. The van der Waals surface area contributed by atoms with E-state index in [2.05, 4.69) is 0 Å². The zero-order valence-corrected chi connectivity index (χ0v) is 9.56. The molecule has 0 aliphatic heterocycles. The SMILES string of the molecule is CC(C)n1c(=O)c2cc(C#N)ccc2n1C. The molecule has 0 N–H and O–H groups in total. The van der Waals surface area contributed by atoms with Gasteiger partial charge in [-0.25, -0.2) is 4.68 Å². The van der Waals surface area contributed by atoms with Crippen LogP contribution in [-0.4, -0.2) is 9.36 Å². The molecule has 0 amide bonds. The highest BCUT2D eigenvalue weighted by Crippen LogP contribution is 2.14. The van der Waals surface area contributed by atoms with E-state index in [9.17, 15) is 4.79 Å². The van der Waals surface area contributed by atoms with E-state index in [1.807, 2.05) is 37.7 Å². The fourth-order valence-corrected chi connectivity index (χ4v) is 2.02. The third-order valence-corrected chi connectivity index (χ3v) is 2.73. The number of nitriles is 1. The highest BCUT2D eigenvalue weighted by molar-refractivity contribution is 5.80. The Bertz CT molecular complexity index is 641. The summed E-state index contributed by atoms with van der Waals surface area (Å²) >= 11 is 0. The van der Waals surface area contributed by atoms with Gasteiger partial charge in [-0.3, -0.25) is 9.48 Å². The number of hydrogen-bond acceptors (Lipinski definition) is 2. The molecule has 0 spiro atoms. The predicted molar refractivity (Wildman–Crippen MR) is 62.3 cm³/mol. The second-order valence-electron chi connectivity index (χ2n) is 4.11. The second kappa shape index (κ2) is 3.53. The molecular weight excluding hydrogens is 202 g/mol. The topological polar surface area (TPSA) is 50.7 Å². The lowest BCUT2D eigenvalue weighted by molar-refractivity contribution is 0.447. The average molecular weight is 215 g/mol. The first-order valence-electron chi connectivity index (χ1n) is 5.17. The molecule has 4 heteroatoms. The highest BCUT2D eigenvalue weighted by atomic mass is 16.1. The standard InChI is InChI=1S/C12H13N3O/c1-8(2)15-12(16)10-6-9(7-13)4-5-11(10)14(15)3/h4-6,8H,1-3H3. The van der Waals surface area contributed by atoms with Crippen LogP contribution in [0.3, 0.4) is 0 Å². The quantitative estimate of drug-likeness (QED) is 0.728. The summed E-state index contributed by atoms with van der Waals surface area (Å²) in [6.45, 7) is 3.93. The Morgan fingerprint density at radius 1 is 1.38 bits per heavy atom. The summed E-state index contributed by atoms with van der Waals surface area (Å²) in [5.41, 5.74) is 1.34. The van der Waals surface area contributed by atoms with Crippen LogP contribution < -0.4 is 5.56 Å². The van der Waals surface area contributed by atoms with Gasteiger partial charge in [0, 0.05) is 13.1 Å². The van der Waals surface area contributed by atoms with Crippen molar-refractivity contribution >= 4 is 10.9 Å². The Balaban J connectivity index is 2.90. The maximum atomic E-state index is 12.1. The molecule has 2 rings (SSSR count). The van der Waals surface area contributed by atoms with Crippen molar-refractivity contribution < 1.29 is 0 Å². The van der Waals surface area contributed by atoms with Crippen LogP contribution in [0.5, 0.6) is 0 Å². The van der Waals surface area contributed by atoms with Crippen molar-refractivity contribution in [2.75, 3.05) is 0 Å². The van der Waals surface area contributed by atoms with Crippen LogP contribution in [0.2, 0.25) is 0 Å². The van der Waals surface area contributed by atoms with Gasteiger partial charge in [0.05, 0.1) is 22.5 Å². The van der Waals surface area contributed by atoms with Crippen LogP contribution >= 0.6 is 0 Å². The molecule has 0 fully saturated rings. The Morgan fingerprint density at radius 2 is 2.06 bits per heavy atom. The summed E-state index contributed by atoms with van der Waals surface area (Å²) in [6.07, 6.45) is 0. The van der Waals surface area contributed by atoms with Gasteiger partial charge in [-0.15, -0.1) is 0 Å². The minimum Gasteiger partial charge on any atom is -0.285 e. The van der Waals surface area contributed by atoms with Gasteiger partial charge < -0.3 is 0 Å². The minimum atomic E-state index is -0.0374. The number of nitrogens with zero attached hydrogens (tertiary/aromatic N) is 3. The maximum Gasteiger partial charge on any atom is 0.274 e. The summed E-state index contributed by atoms with van der Waals surface area (Å²) in [5, 5.41) is 9.41. The van der Waals surface area contributed by atoms with Gasteiger partial charge in [0.15, 0.2) is 0 Å². The molecule has 0 unspecified atom stereocenters. The minimum absolute atomic E-state index is 0.0374. The molecule has 4 nitrogen and oxygen atoms in total. The van der Waals surface area contributed by atoms with Crippen LogP contribution in [0.25, 0.3) is 10.9 Å². The molecule has 0 aliphatic rings. The molecule has 1 heterocycles. The zero-order valence-electron chi connectivity index (χ0n) is 9.56. The number of aromatic nitrogens is 2. The smallest absolute Gasteiger partial charge is 0.274 e. The highest BCUT2D eigenvalue weighted by Gasteiger charge is 2.12. The van der Waals surface area contributed by atoms with Crippen molar-refractivity contribution in [3.8, 4) is 6.07 Å². The lowest BCUT2D eigenvalue weighted by Gasteiger charge is -2.10. The van der Waals surface area contributed by atoms with Gasteiger partial charge in [0.2, 0.25) is 0 Å². The van der Waals surface area contributed by atoms with Crippen molar-refractivity contribution in [2.24, 2.45) is 7.05 Å². The van der Waals surface area contributed by atoms with Gasteiger partial charge in [-0.2, -0.15) is 5.26 Å². The molecule has 0 radical (unpaired) electrons. The first-order valence-corrected chi connectivity index (χ1v) is 5.17. The number of hydrogen-bond donors (Lipinski definition) is 0. The van der Waals surface area contributed by atoms with Crippen LogP contribution in [-0.2, 0) is 7.05 Å². The van der Waals surface area contributed by atoms with Gasteiger partial charge >= 0.3 is 0 Å². The lowest BCUT2D eigenvalue weighted by Crippen LogP contribution is -2.23. The summed E-state index contributed by atoms with van der Waals surface area (Å²) in [7, 11) is 1.86. The zero-order chi connectivity index (χ0) is 11.9. The van der Waals surface area contributed by atoms with E-state index in [1.54, 1.807) is 16.8 Å². The first kappa shape index (κ1) is 10.5. The Labute approximate surface area is 93.3 Å². The molecule has 0 saturated heterocycles. The molecule has 0 atom stereocenters. The Hall–Kier alpha value is -2.02. The predicted octanol–water partition coefficient (Wildman–Crippen LogP) is 1.79. The third kappa shape index (κ3) is 1.33. The molecule has 16 heavy (non-hydrogen) atoms.